The number of nitrogens with one attached hydrogen (secondary N) is 1. The Labute approximate surface area is 176 Å². The molecular formula is C23H29NO6. The Morgan fingerprint density at radius 1 is 0.967 bits per heavy atom. The van der Waals surface area contributed by atoms with Crippen molar-refractivity contribution in [2.24, 2.45) is 0 Å². The van der Waals surface area contributed by atoms with Crippen LogP contribution in [0.15, 0.2) is 18.2 Å². The molecular weight excluding hydrogens is 386 g/mol. The Kier molecular flexibility index (Phi) is 7.80. The number of hydrogen-bond donors (Lipinski definition) is 1. The van der Waals surface area contributed by atoms with Crippen molar-refractivity contribution in [3.05, 3.63) is 51.8 Å². The summed E-state index contributed by atoms with van der Waals surface area (Å²) in [4.78, 5) is 39.9. The standard InChI is InChI=1S/C23H29NO6/c1-7-28-23(27)22-16(6)24-15(5)21(22)18(25)11-30-20(26)12-29-19-10-17(13(2)3)9-8-14(19)4/h8-10,13,24H,7,11-12H2,1-6H3. The van der Waals surface area contributed by atoms with Crippen LogP contribution in [-0.2, 0) is 14.3 Å². The highest BCUT2D eigenvalue weighted by Gasteiger charge is 2.26. The van der Waals surface area contributed by atoms with E-state index in [4.69, 9.17) is 14.2 Å². The van der Waals surface area contributed by atoms with Crippen molar-refractivity contribution < 1.29 is 28.6 Å². The van der Waals surface area contributed by atoms with E-state index in [1.54, 1.807) is 20.8 Å². The number of rotatable bonds is 9. The number of carbonyl (C=O) groups is 3. The van der Waals surface area contributed by atoms with Crippen LogP contribution in [0.25, 0.3) is 0 Å². The highest BCUT2D eigenvalue weighted by molar-refractivity contribution is 6.09. The SMILES string of the molecule is CCOC(=O)c1c(C)[nH]c(C)c1C(=O)COC(=O)COc1cc(C(C)C)ccc1C. The highest BCUT2D eigenvalue weighted by Crippen LogP contribution is 2.24. The topological polar surface area (TPSA) is 94.7 Å². The monoisotopic (exact) mass is 415 g/mol. The number of ketones is 1. The Morgan fingerprint density at radius 3 is 2.27 bits per heavy atom. The molecule has 2 rings (SSSR count). The van der Waals surface area contributed by atoms with Gasteiger partial charge in [-0.15, -0.1) is 0 Å². The number of esters is 2. The second-order valence-electron chi connectivity index (χ2n) is 7.40. The van der Waals surface area contributed by atoms with E-state index < -0.39 is 24.3 Å². The lowest BCUT2D eigenvalue weighted by molar-refractivity contribution is -0.144. The largest absolute Gasteiger partial charge is 0.482 e. The molecule has 0 aliphatic rings. The first-order valence-corrected chi connectivity index (χ1v) is 9.94. The minimum atomic E-state index is -0.666. The molecule has 2 aromatic rings. The van der Waals surface area contributed by atoms with E-state index in [1.807, 2.05) is 25.1 Å². The minimum Gasteiger partial charge on any atom is -0.482 e. The van der Waals surface area contributed by atoms with Crippen molar-refractivity contribution in [2.45, 2.75) is 47.5 Å². The Hall–Kier alpha value is -3.09. The summed E-state index contributed by atoms with van der Waals surface area (Å²) in [5.74, 6) is -0.797. The molecule has 0 bridgehead atoms. The smallest absolute Gasteiger partial charge is 0.344 e. The van der Waals surface area contributed by atoms with Crippen LogP contribution in [0.1, 0.15) is 69.9 Å². The summed E-state index contributed by atoms with van der Waals surface area (Å²) in [6.45, 7) is 10.5. The van der Waals surface area contributed by atoms with Gasteiger partial charge in [-0.25, -0.2) is 9.59 Å². The van der Waals surface area contributed by atoms with Crippen LogP contribution < -0.4 is 4.74 Å². The zero-order valence-corrected chi connectivity index (χ0v) is 18.4. The van der Waals surface area contributed by atoms with Crippen molar-refractivity contribution in [2.75, 3.05) is 19.8 Å². The Bertz CT molecular complexity index is 941. The third-order valence-corrected chi connectivity index (χ3v) is 4.72. The van der Waals surface area contributed by atoms with Crippen molar-refractivity contribution in [1.82, 2.24) is 4.98 Å². The summed E-state index contributed by atoms with van der Waals surface area (Å²) in [6, 6.07) is 5.86. The van der Waals surface area contributed by atoms with Crippen LogP contribution in [0, 0.1) is 20.8 Å². The van der Waals surface area contributed by atoms with Crippen LogP contribution in [0.2, 0.25) is 0 Å². The quantitative estimate of drug-likeness (QED) is 0.491. The van der Waals surface area contributed by atoms with Crippen LogP contribution in [0.3, 0.4) is 0 Å². The number of hydrogen-bond acceptors (Lipinski definition) is 6. The Balaban J connectivity index is 2.00. The van der Waals surface area contributed by atoms with Gasteiger partial charge in [-0.05, 0) is 50.8 Å². The number of benzene rings is 1. The van der Waals surface area contributed by atoms with E-state index in [0.717, 1.165) is 11.1 Å². The van der Waals surface area contributed by atoms with E-state index in [1.165, 1.54) is 0 Å². The number of aromatic amines is 1. The maximum absolute atomic E-state index is 12.6. The van der Waals surface area contributed by atoms with Gasteiger partial charge in [0.15, 0.2) is 13.2 Å². The lowest BCUT2D eigenvalue weighted by Crippen LogP contribution is -2.21. The highest BCUT2D eigenvalue weighted by atomic mass is 16.6. The molecule has 0 spiro atoms. The number of ether oxygens (including phenoxy) is 3. The summed E-state index contributed by atoms with van der Waals surface area (Å²) in [6.07, 6.45) is 0. The van der Waals surface area contributed by atoms with Gasteiger partial charge in [0.05, 0.1) is 17.7 Å². The van der Waals surface area contributed by atoms with Crippen LogP contribution in [0.4, 0.5) is 0 Å². The summed E-state index contributed by atoms with van der Waals surface area (Å²) in [5, 5.41) is 0. The van der Waals surface area contributed by atoms with E-state index in [9.17, 15) is 14.4 Å². The lowest BCUT2D eigenvalue weighted by Gasteiger charge is -2.12. The number of carbonyl (C=O) groups excluding carboxylic acids is 3. The Morgan fingerprint density at radius 2 is 1.63 bits per heavy atom. The molecule has 0 fully saturated rings. The molecule has 0 aliphatic heterocycles. The van der Waals surface area contributed by atoms with Gasteiger partial charge >= 0.3 is 11.9 Å². The van der Waals surface area contributed by atoms with Gasteiger partial charge < -0.3 is 19.2 Å². The second-order valence-corrected chi connectivity index (χ2v) is 7.40. The molecule has 30 heavy (non-hydrogen) atoms. The number of aryl methyl sites for hydroxylation is 3. The normalized spacial score (nSPS) is 10.8. The maximum atomic E-state index is 12.6. The van der Waals surface area contributed by atoms with Gasteiger partial charge in [0.25, 0.3) is 0 Å². The molecule has 0 saturated carbocycles. The molecule has 1 aromatic carbocycles. The summed E-state index contributed by atoms with van der Waals surface area (Å²) < 4.78 is 15.7. The molecule has 0 saturated heterocycles. The van der Waals surface area contributed by atoms with Crippen molar-refractivity contribution in [1.29, 1.82) is 0 Å². The fraction of sp³-hybridized carbons (Fsp3) is 0.435. The minimum absolute atomic E-state index is 0.174. The number of H-pyrrole nitrogens is 1. The molecule has 1 heterocycles. The molecule has 1 aromatic heterocycles. The van der Waals surface area contributed by atoms with Gasteiger partial charge in [-0.2, -0.15) is 0 Å². The maximum Gasteiger partial charge on any atom is 0.344 e. The van der Waals surface area contributed by atoms with Crippen molar-refractivity contribution >= 4 is 17.7 Å². The third-order valence-electron chi connectivity index (χ3n) is 4.72. The molecule has 0 atom stereocenters. The molecule has 0 unspecified atom stereocenters. The van der Waals surface area contributed by atoms with Crippen LogP contribution in [-0.4, -0.2) is 42.5 Å². The fourth-order valence-electron chi connectivity index (χ4n) is 3.12. The van der Waals surface area contributed by atoms with E-state index in [-0.39, 0.29) is 24.3 Å². The first-order chi connectivity index (χ1) is 14.1. The summed E-state index contributed by atoms with van der Waals surface area (Å²) >= 11 is 0. The molecule has 0 radical (unpaired) electrons. The second kappa shape index (κ2) is 10.1. The fourth-order valence-corrected chi connectivity index (χ4v) is 3.12. The first-order valence-electron chi connectivity index (χ1n) is 9.94. The molecule has 162 valence electrons. The summed E-state index contributed by atoms with van der Waals surface area (Å²) in [7, 11) is 0. The lowest BCUT2D eigenvalue weighted by atomic mass is 10.0. The van der Waals surface area contributed by atoms with Crippen LogP contribution >= 0.6 is 0 Å². The number of aromatic nitrogens is 1. The van der Waals surface area contributed by atoms with Crippen LogP contribution in [0.5, 0.6) is 5.75 Å². The van der Waals surface area contributed by atoms with Gasteiger partial charge in [0.1, 0.15) is 5.75 Å². The molecule has 0 amide bonds. The van der Waals surface area contributed by atoms with Gasteiger partial charge in [-0.1, -0.05) is 26.0 Å². The molecule has 7 nitrogen and oxygen atoms in total. The molecule has 1 N–H and O–H groups in total. The molecule has 0 aliphatic carbocycles. The van der Waals surface area contributed by atoms with E-state index in [2.05, 4.69) is 18.8 Å². The predicted molar refractivity (Wildman–Crippen MR) is 112 cm³/mol. The van der Waals surface area contributed by atoms with E-state index in [0.29, 0.717) is 23.1 Å². The first kappa shape index (κ1) is 23.2. The van der Waals surface area contributed by atoms with Crippen molar-refractivity contribution in [3.8, 4) is 5.75 Å². The predicted octanol–water partition coefficient (Wildman–Crippen LogP) is 4.04. The van der Waals surface area contributed by atoms with Crippen molar-refractivity contribution in [3.63, 3.8) is 0 Å². The van der Waals surface area contributed by atoms with Gasteiger partial charge in [-0.3, -0.25) is 4.79 Å². The average molecular weight is 415 g/mol. The average Bonchev–Trinajstić information content (AvgIpc) is 2.99. The summed E-state index contributed by atoms with van der Waals surface area (Å²) in [5.41, 5.74) is 3.41. The zero-order valence-electron chi connectivity index (χ0n) is 18.4. The zero-order chi connectivity index (χ0) is 22.4. The molecule has 7 heteroatoms. The van der Waals surface area contributed by atoms with E-state index >= 15 is 0 Å². The van der Waals surface area contributed by atoms with Gasteiger partial charge in [0, 0.05) is 11.4 Å². The van der Waals surface area contributed by atoms with Gasteiger partial charge in [0.2, 0.25) is 5.78 Å². The number of Topliss-reactive ketones (excluding diaryl/α,β-unsaturated/α-hetero) is 1. The third kappa shape index (κ3) is 5.49.